The molecule has 0 spiro atoms. The first kappa shape index (κ1) is 9.60. The van der Waals surface area contributed by atoms with Crippen molar-refractivity contribution in [2.75, 3.05) is 5.75 Å². The number of nitrogens with zero attached hydrogens (tertiary/aromatic N) is 3. The summed E-state index contributed by atoms with van der Waals surface area (Å²) in [4.78, 5) is 3.99. The van der Waals surface area contributed by atoms with Crippen LogP contribution in [-0.4, -0.2) is 15.3 Å². The molecule has 1 fully saturated rings. The topological polar surface area (TPSA) is 41.6 Å². The van der Waals surface area contributed by atoms with Crippen molar-refractivity contribution in [2.24, 2.45) is 5.41 Å². The highest BCUT2D eigenvalue weighted by atomic mass is 32.1. The van der Waals surface area contributed by atoms with Crippen molar-refractivity contribution < 1.29 is 0 Å². The maximum Gasteiger partial charge on any atom is 0.212 e. The molecule has 4 heteroatoms. The Morgan fingerprint density at radius 3 is 2.93 bits per heavy atom. The lowest BCUT2D eigenvalue weighted by Crippen LogP contribution is -2.36. The van der Waals surface area contributed by atoms with E-state index in [-0.39, 0.29) is 0 Å². The highest BCUT2D eigenvalue weighted by molar-refractivity contribution is 7.80. The Morgan fingerprint density at radius 2 is 2.43 bits per heavy atom. The Hall–Kier alpha value is -0.950. The zero-order valence-electron chi connectivity index (χ0n) is 7.98. The maximum atomic E-state index is 8.82. The van der Waals surface area contributed by atoms with E-state index >= 15 is 0 Å². The van der Waals surface area contributed by atoms with Crippen LogP contribution in [0, 0.1) is 16.7 Å². The van der Waals surface area contributed by atoms with E-state index in [1.807, 2.05) is 10.8 Å². The number of aromatic nitrogens is 2. The Balaban J connectivity index is 2.14. The molecule has 1 heterocycles. The molecule has 3 nitrogen and oxygen atoms in total. The van der Waals surface area contributed by atoms with Gasteiger partial charge in [0, 0.05) is 18.9 Å². The summed E-state index contributed by atoms with van der Waals surface area (Å²) in [7, 11) is 0. The van der Waals surface area contributed by atoms with Gasteiger partial charge in [0.2, 0.25) is 5.82 Å². The molecular weight excluding hydrogens is 194 g/mol. The third kappa shape index (κ3) is 1.53. The van der Waals surface area contributed by atoms with E-state index in [2.05, 4.69) is 23.7 Å². The fourth-order valence-corrected chi connectivity index (χ4v) is 2.37. The van der Waals surface area contributed by atoms with Crippen molar-refractivity contribution in [1.29, 1.82) is 5.26 Å². The molecule has 1 saturated carbocycles. The van der Waals surface area contributed by atoms with Crippen molar-refractivity contribution in [3.05, 3.63) is 18.2 Å². The number of hydrogen-bond acceptors (Lipinski definition) is 3. The van der Waals surface area contributed by atoms with E-state index in [9.17, 15) is 0 Å². The molecule has 1 aliphatic rings. The van der Waals surface area contributed by atoms with Gasteiger partial charge >= 0.3 is 0 Å². The monoisotopic (exact) mass is 207 g/mol. The van der Waals surface area contributed by atoms with Gasteiger partial charge in [-0.15, -0.1) is 0 Å². The van der Waals surface area contributed by atoms with Crippen molar-refractivity contribution in [3.8, 4) is 6.07 Å². The summed E-state index contributed by atoms with van der Waals surface area (Å²) in [5, 5.41) is 8.82. The lowest BCUT2D eigenvalue weighted by Gasteiger charge is -2.41. The first-order valence-electron chi connectivity index (χ1n) is 4.82. The minimum atomic E-state index is 0.315. The fourth-order valence-electron chi connectivity index (χ4n) is 1.95. The van der Waals surface area contributed by atoms with Crippen LogP contribution in [-0.2, 0) is 6.54 Å². The molecule has 0 aromatic carbocycles. The zero-order valence-corrected chi connectivity index (χ0v) is 8.87. The molecule has 0 N–H and O–H groups in total. The average molecular weight is 207 g/mol. The Bertz CT molecular complexity index is 354. The van der Waals surface area contributed by atoms with E-state index < -0.39 is 0 Å². The maximum absolute atomic E-state index is 8.82. The Labute approximate surface area is 89.2 Å². The number of thiol groups is 1. The van der Waals surface area contributed by atoms with Crippen LogP contribution in [0.5, 0.6) is 0 Å². The predicted octanol–water partition coefficient (Wildman–Crippen LogP) is 1.85. The van der Waals surface area contributed by atoms with Crippen LogP contribution in [0.3, 0.4) is 0 Å². The minimum absolute atomic E-state index is 0.315. The van der Waals surface area contributed by atoms with Crippen LogP contribution >= 0.6 is 12.6 Å². The van der Waals surface area contributed by atoms with Gasteiger partial charge in [-0.1, -0.05) is 6.42 Å². The zero-order chi connectivity index (χ0) is 10.0. The first-order valence-corrected chi connectivity index (χ1v) is 5.45. The highest BCUT2D eigenvalue weighted by Crippen LogP contribution is 2.43. The van der Waals surface area contributed by atoms with E-state index in [1.54, 1.807) is 6.20 Å². The molecule has 0 aliphatic heterocycles. The Morgan fingerprint density at radius 1 is 1.64 bits per heavy atom. The molecule has 0 atom stereocenters. The lowest BCUT2D eigenvalue weighted by atomic mass is 9.70. The van der Waals surface area contributed by atoms with Crippen LogP contribution in [0.4, 0.5) is 0 Å². The van der Waals surface area contributed by atoms with E-state index in [0.29, 0.717) is 11.2 Å². The fraction of sp³-hybridized carbons (Fsp3) is 0.600. The minimum Gasteiger partial charge on any atom is -0.322 e. The SMILES string of the molecule is N#Cc1nccn1CC1(CS)CCC1. The average Bonchev–Trinajstić information content (AvgIpc) is 2.58. The normalized spacial score (nSPS) is 18.6. The smallest absolute Gasteiger partial charge is 0.212 e. The molecule has 0 amide bonds. The van der Waals surface area contributed by atoms with Crippen molar-refractivity contribution in [2.45, 2.75) is 25.8 Å². The first-order chi connectivity index (χ1) is 6.79. The van der Waals surface area contributed by atoms with Crippen LogP contribution < -0.4 is 0 Å². The van der Waals surface area contributed by atoms with E-state index in [1.165, 1.54) is 19.3 Å². The van der Waals surface area contributed by atoms with Gasteiger partial charge in [0.05, 0.1) is 0 Å². The van der Waals surface area contributed by atoms with Crippen molar-refractivity contribution in [3.63, 3.8) is 0 Å². The standard InChI is InChI=1S/C10H13N3S/c11-6-9-12-4-5-13(9)7-10(8-14)2-1-3-10/h4-5,14H,1-3,7-8H2. The summed E-state index contributed by atoms with van der Waals surface area (Å²) in [6.07, 6.45) is 7.29. The van der Waals surface area contributed by atoms with Crippen LogP contribution in [0.15, 0.2) is 12.4 Å². The number of imidazole rings is 1. The number of nitriles is 1. The molecular formula is C10H13N3S. The summed E-state index contributed by atoms with van der Waals surface area (Å²) in [6.45, 7) is 0.888. The summed E-state index contributed by atoms with van der Waals surface area (Å²) in [5.74, 6) is 1.41. The van der Waals surface area contributed by atoms with Crippen molar-refractivity contribution >= 4 is 12.6 Å². The molecule has 0 saturated heterocycles. The van der Waals surface area contributed by atoms with Gasteiger partial charge in [-0.05, 0) is 24.0 Å². The molecule has 0 radical (unpaired) electrons. The van der Waals surface area contributed by atoms with Gasteiger partial charge in [-0.25, -0.2) is 4.98 Å². The third-order valence-electron chi connectivity index (χ3n) is 3.07. The molecule has 1 aliphatic carbocycles. The van der Waals surface area contributed by atoms with E-state index in [4.69, 9.17) is 5.26 Å². The quantitative estimate of drug-likeness (QED) is 0.769. The molecule has 2 rings (SSSR count). The predicted molar refractivity (Wildman–Crippen MR) is 57.1 cm³/mol. The summed E-state index contributed by atoms with van der Waals surface area (Å²) in [5.41, 5.74) is 0.315. The molecule has 0 bridgehead atoms. The second-order valence-corrected chi connectivity index (χ2v) is 4.32. The summed E-state index contributed by atoms with van der Waals surface area (Å²) >= 11 is 4.39. The molecule has 1 aromatic rings. The largest absolute Gasteiger partial charge is 0.322 e. The molecule has 14 heavy (non-hydrogen) atoms. The van der Waals surface area contributed by atoms with Gasteiger partial charge in [-0.3, -0.25) is 0 Å². The van der Waals surface area contributed by atoms with Gasteiger partial charge in [0.15, 0.2) is 0 Å². The molecule has 1 aromatic heterocycles. The molecule has 74 valence electrons. The van der Waals surface area contributed by atoms with Crippen molar-refractivity contribution in [1.82, 2.24) is 9.55 Å². The third-order valence-corrected chi connectivity index (χ3v) is 3.74. The van der Waals surface area contributed by atoms with Crippen LogP contribution in [0.25, 0.3) is 0 Å². The van der Waals surface area contributed by atoms with Gasteiger partial charge in [0.1, 0.15) is 6.07 Å². The second kappa shape index (κ2) is 3.66. The summed E-state index contributed by atoms with van der Waals surface area (Å²) in [6, 6.07) is 2.10. The van der Waals surface area contributed by atoms with Crippen LogP contribution in [0.1, 0.15) is 25.1 Å². The Kier molecular flexibility index (Phi) is 2.51. The second-order valence-electron chi connectivity index (χ2n) is 4.00. The molecule has 0 unspecified atom stereocenters. The summed E-state index contributed by atoms with van der Waals surface area (Å²) < 4.78 is 1.94. The number of rotatable bonds is 3. The number of hydrogen-bond donors (Lipinski definition) is 1. The van der Waals surface area contributed by atoms with Gasteiger partial charge in [-0.2, -0.15) is 17.9 Å². The highest BCUT2D eigenvalue weighted by Gasteiger charge is 2.36. The van der Waals surface area contributed by atoms with Gasteiger partial charge < -0.3 is 4.57 Å². The van der Waals surface area contributed by atoms with Crippen LogP contribution in [0.2, 0.25) is 0 Å². The van der Waals surface area contributed by atoms with Gasteiger partial charge in [0.25, 0.3) is 0 Å². The lowest BCUT2D eigenvalue weighted by molar-refractivity contribution is 0.138. The van der Waals surface area contributed by atoms with E-state index in [0.717, 1.165) is 12.3 Å².